The summed E-state index contributed by atoms with van der Waals surface area (Å²) >= 11 is 0. The monoisotopic (exact) mass is 306 g/mol. The Bertz CT molecular complexity index is 355. The summed E-state index contributed by atoms with van der Waals surface area (Å²) < 4.78 is 27.8. The average molecular weight is 306 g/mol. The molecule has 1 heterocycles. The van der Waals surface area contributed by atoms with E-state index in [0.29, 0.717) is 24.4 Å². The topological polar surface area (TPSA) is 65.0 Å². The predicted molar refractivity (Wildman–Crippen MR) is 76.4 cm³/mol. The van der Waals surface area contributed by atoms with Gasteiger partial charge < -0.3 is 9.63 Å². The molecule has 1 aliphatic heterocycles. The van der Waals surface area contributed by atoms with Crippen molar-refractivity contribution in [1.82, 2.24) is 0 Å². The van der Waals surface area contributed by atoms with Gasteiger partial charge in [-0.2, -0.15) is 0 Å². The van der Waals surface area contributed by atoms with Crippen LogP contribution in [0, 0.1) is 17.8 Å². The van der Waals surface area contributed by atoms with E-state index in [2.05, 4.69) is 13.8 Å². The summed E-state index contributed by atoms with van der Waals surface area (Å²) in [5, 5.41) is 0. The Kier molecular flexibility index (Phi) is 5.66. The number of hydrogen-bond donors (Lipinski definition) is 1. The van der Waals surface area contributed by atoms with Gasteiger partial charge in [0.1, 0.15) is 0 Å². The van der Waals surface area contributed by atoms with Crippen LogP contribution in [0.4, 0.5) is 0 Å². The molecule has 6 heteroatoms. The Morgan fingerprint density at radius 1 is 1.10 bits per heavy atom. The molecule has 0 radical (unpaired) electrons. The van der Waals surface area contributed by atoms with Gasteiger partial charge in [0, 0.05) is 0 Å². The van der Waals surface area contributed by atoms with Crippen molar-refractivity contribution in [2.24, 2.45) is 17.8 Å². The van der Waals surface area contributed by atoms with Gasteiger partial charge in [0.25, 0.3) is 0 Å². The van der Waals surface area contributed by atoms with Crippen molar-refractivity contribution in [3.8, 4) is 0 Å². The first-order chi connectivity index (χ1) is 9.39. The molecule has 5 atom stereocenters. The fraction of sp³-hybridized carbons (Fsp3) is 1.00. The maximum absolute atomic E-state index is 11.9. The van der Waals surface area contributed by atoms with E-state index >= 15 is 0 Å². The van der Waals surface area contributed by atoms with Crippen molar-refractivity contribution < 1.29 is 23.2 Å². The molecule has 2 rings (SSSR count). The molecule has 0 bridgehead atoms. The van der Waals surface area contributed by atoms with Crippen molar-refractivity contribution in [2.75, 3.05) is 13.2 Å². The fourth-order valence-electron chi connectivity index (χ4n) is 3.06. The number of ether oxygens (including phenoxy) is 1. The van der Waals surface area contributed by atoms with Crippen molar-refractivity contribution in [1.29, 1.82) is 0 Å². The number of rotatable bonds is 6. The molecule has 2 fully saturated rings. The normalized spacial score (nSPS) is 38.2. The first kappa shape index (κ1) is 16.4. The first-order valence-electron chi connectivity index (χ1n) is 7.66. The smallest absolute Gasteiger partial charge is 0.372 e. The standard InChI is InChI=1S/C14H27O5P/c1-10-11(2)14(19-12(10)3)9-18-20(15,16)17-8-13-6-4-5-7-13/h10-14H,4-9H2,1-3H3,(H,15,16)/t10?,11?,12-,14+/m0/s1. The second-order valence-electron chi connectivity index (χ2n) is 6.31. The van der Waals surface area contributed by atoms with Gasteiger partial charge in [0.15, 0.2) is 0 Å². The molecule has 0 aromatic carbocycles. The quantitative estimate of drug-likeness (QED) is 0.762. The minimum absolute atomic E-state index is 0.119. The third kappa shape index (κ3) is 4.28. The van der Waals surface area contributed by atoms with Gasteiger partial charge in [-0.15, -0.1) is 0 Å². The summed E-state index contributed by atoms with van der Waals surface area (Å²) in [4.78, 5) is 9.71. The van der Waals surface area contributed by atoms with E-state index < -0.39 is 7.82 Å². The van der Waals surface area contributed by atoms with Gasteiger partial charge in [0.2, 0.25) is 0 Å². The maximum Gasteiger partial charge on any atom is 0.472 e. The summed E-state index contributed by atoms with van der Waals surface area (Å²) in [6, 6.07) is 0. The van der Waals surface area contributed by atoms with Crippen LogP contribution in [0.25, 0.3) is 0 Å². The van der Waals surface area contributed by atoms with E-state index in [4.69, 9.17) is 13.8 Å². The average Bonchev–Trinajstić information content (AvgIpc) is 2.99. The Morgan fingerprint density at radius 3 is 2.25 bits per heavy atom. The molecular weight excluding hydrogens is 279 g/mol. The summed E-state index contributed by atoms with van der Waals surface area (Å²) in [5.74, 6) is 1.15. The third-order valence-electron chi connectivity index (χ3n) is 4.90. The van der Waals surface area contributed by atoms with Gasteiger partial charge in [-0.3, -0.25) is 9.05 Å². The lowest BCUT2D eigenvalue weighted by Gasteiger charge is -2.19. The largest absolute Gasteiger partial charge is 0.472 e. The molecular formula is C14H27O5P. The second-order valence-corrected chi connectivity index (χ2v) is 7.76. The zero-order chi connectivity index (χ0) is 14.8. The fourth-order valence-corrected chi connectivity index (χ4v) is 3.87. The minimum atomic E-state index is -3.94. The zero-order valence-corrected chi connectivity index (χ0v) is 13.6. The van der Waals surface area contributed by atoms with E-state index in [1.54, 1.807) is 0 Å². The minimum Gasteiger partial charge on any atom is -0.372 e. The van der Waals surface area contributed by atoms with E-state index in [1.165, 1.54) is 12.8 Å². The molecule has 20 heavy (non-hydrogen) atoms. The predicted octanol–water partition coefficient (Wildman–Crippen LogP) is 3.37. The highest BCUT2D eigenvalue weighted by Crippen LogP contribution is 2.46. The third-order valence-corrected chi connectivity index (χ3v) is 5.85. The van der Waals surface area contributed by atoms with Crippen molar-refractivity contribution in [3.63, 3.8) is 0 Å². The van der Waals surface area contributed by atoms with Crippen molar-refractivity contribution >= 4 is 7.82 Å². The number of hydrogen-bond acceptors (Lipinski definition) is 4. The SMILES string of the molecule is CC1C(C)[C@@H](COP(=O)(O)OCC2CCCC2)O[C@H]1C. The second kappa shape index (κ2) is 6.89. The zero-order valence-electron chi connectivity index (χ0n) is 12.7. The van der Waals surface area contributed by atoms with E-state index in [0.717, 1.165) is 12.8 Å². The van der Waals surface area contributed by atoms with Crippen LogP contribution >= 0.6 is 7.82 Å². The van der Waals surface area contributed by atoms with Crippen LogP contribution in [0.5, 0.6) is 0 Å². The summed E-state index contributed by atoms with van der Waals surface area (Å²) in [7, 11) is -3.94. The Labute approximate surface area is 121 Å². The molecule has 1 saturated carbocycles. The highest BCUT2D eigenvalue weighted by Gasteiger charge is 2.38. The Hall–Kier alpha value is 0.0700. The summed E-state index contributed by atoms with van der Waals surface area (Å²) in [5.41, 5.74) is 0. The van der Waals surface area contributed by atoms with Gasteiger partial charge in [-0.05, 0) is 37.5 Å². The Morgan fingerprint density at radius 2 is 1.70 bits per heavy atom. The van der Waals surface area contributed by atoms with Crippen LogP contribution in [0.2, 0.25) is 0 Å². The molecule has 1 N–H and O–H groups in total. The summed E-state index contributed by atoms with van der Waals surface area (Å²) in [6.45, 7) is 6.68. The first-order valence-corrected chi connectivity index (χ1v) is 9.16. The van der Waals surface area contributed by atoms with Gasteiger partial charge in [-0.25, -0.2) is 4.57 Å². The number of phosphoric ester groups is 1. The molecule has 1 saturated heterocycles. The van der Waals surface area contributed by atoms with Crippen molar-refractivity contribution in [3.05, 3.63) is 0 Å². The van der Waals surface area contributed by atoms with E-state index in [-0.39, 0.29) is 18.8 Å². The molecule has 118 valence electrons. The van der Waals surface area contributed by atoms with Crippen LogP contribution in [-0.2, 0) is 18.3 Å². The molecule has 2 aliphatic rings. The molecule has 3 unspecified atom stereocenters. The highest BCUT2D eigenvalue weighted by molar-refractivity contribution is 7.47. The molecule has 0 amide bonds. The van der Waals surface area contributed by atoms with E-state index in [9.17, 15) is 9.46 Å². The lowest BCUT2D eigenvalue weighted by Crippen LogP contribution is -2.22. The highest BCUT2D eigenvalue weighted by atomic mass is 31.2. The van der Waals surface area contributed by atoms with Crippen LogP contribution in [0.15, 0.2) is 0 Å². The van der Waals surface area contributed by atoms with Gasteiger partial charge in [0.05, 0.1) is 25.4 Å². The molecule has 0 aromatic rings. The number of phosphoric acid groups is 1. The Balaban J connectivity index is 1.73. The van der Waals surface area contributed by atoms with Crippen LogP contribution in [0.1, 0.15) is 46.5 Å². The van der Waals surface area contributed by atoms with E-state index in [1.807, 2.05) is 6.92 Å². The molecule has 5 nitrogen and oxygen atoms in total. The lowest BCUT2D eigenvalue weighted by molar-refractivity contribution is 0.00196. The molecule has 0 spiro atoms. The molecule has 1 aliphatic carbocycles. The summed E-state index contributed by atoms with van der Waals surface area (Å²) in [6.07, 6.45) is 4.57. The van der Waals surface area contributed by atoms with Crippen molar-refractivity contribution in [2.45, 2.75) is 58.7 Å². The maximum atomic E-state index is 11.9. The van der Waals surface area contributed by atoms with Gasteiger partial charge >= 0.3 is 7.82 Å². The van der Waals surface area contributed by atoms with Gasteiger partial charge in [-0.1, -0.05) is 26.7 Å². The van der Waals surface area contributed by atoms with Crippen LogP contribution in [-0.4, -0.2) is 30.3 Å². The van der Waals surface area contributed by atoms with Crippen LogP contribution in [0.3, 0.4) is 0 Å². The molecule has 0 aromatic heterocycles. The lowest BCUT2D eigenvalue weighted by atomic mass is 9.91. The van der Waals surface area contributed by atoms with Crippen LogP contribution < -0.4 is 0 Å².